The van der Waals surface area contributed by atoms with Gasteiger partial charge in [-0.3, -0.25) is 4.79 Å². The van der Waals surface area contributed by atoms with Gasteiger partial charge in [-0.15, -0.1) is 0 Å². The van der Waals surface area contributed by atoms with E-state index in [2.05, 4.69) is 25.2 Å². The normalized spacial score (nSPS) is 25.8. The van der Waals surface area contributed by atoms with Crippen LogP contribution in [-0.2, 0) is 9.53 Å². The number of carbonyl (C=O) groups excluding carboxylic acids is 2. The van der Waals surface area contributed by atoms with Crippen molar-refractivity contribution in [3.8, 4) is 0 Å². The lowest BCUT2D eigenvalue weighted by Gasteiger charge is -2.48. The Morgan fingerprint density at radius 3 is 2.53 bits per heavy atom. The van der Waals surface area contributed by atoms with Crippen LogP contribution < -0.4 is 5.32 Å². The van der Waals surface area contributed by atoms with Gasteiger partial charge in [-0.1, -0.05) is 26.0 Å². The van der Waals surface area contributed by atoms with E-state index in [1.54, 1.807) is 6.08 Å². The van der Waals surface area contributed by atoms with Crippen molar-refractivity contribution in [3.05, 3.63) is 23.8 Å². The minimum atomic E-state index is -0.677. The molecule has 1 aliphatic carbocycles. The Morgan fingerprint density at radius 2 is 2.05 bits per heavy atom. The number of rotatable bonds is 3. The van der Waals surface area contributed by atoms with Crippen LogP contribution in [0.1, 0.15) is 40.5 Å². The molecule has 0 saturated carbocycles. The molecule has 4 heteroatoms. The van der Waals surface area contributed by atoms with Crippen LogP contribution in [0.25, 0.3) is 0 Å². The first-order valence-electron chi connectivity index (χ1n) is 6.48. The number of hydrogen-bond acceptors (Lipinski definition) is 3. The van der Waals surface area contributed by atoms with E-state index in [9.17, 15) is 9.59 Å². The standard InChI is InChI=1S/C15H23NO3/c1-11-7-6-9-14(3,4)15(11,10-8-12(2)17)16-13(18)19-5/h7-8,10H,6,9H2,1-5H3,(H,16,18)/b10-8+. The predicted molar refractivity (Wildman–Crippen MR) is 74.9 cm³/mol. The minimum Gasteiger partial charge on any atom is -0.453 e. The van der Waals surface area contributed by atoms with Gasteiger partial charge in [-0.05, 0) is 43.8 Å². The monoisotopic (exact) mass is 265 g/mol. The molecule has 0 aromatic rings. The smallest absolute Gasteiger partial charge is 0.407 e. The lowest BCUT2D eigenvalue weighted by atomic mass is 9.62. The van der Waals surface area contributed by atoms with Gasteiger partial charge in [-0.25, -0.2) is 4.79 Å². The van der Waals surface area contributed by atoms with Crippen molar-refractivity contribution in [2.24, 2.45) is 5.41 Å². The maximum absolute atomic E-state index is 11.7. The maximum atomic E-state index is 11.7. The first kappa shape index (κ1) is 15.5. The summed E-state index contributed by atoms with van der Waals surface area (Å²) in [6, 6.07) is 0. The van der Waals surface area contributed by atoms with Gasteiger partial charge in [0.25, 0.3) is 0 Å². The lowest BCUT2D eigenvalue weighted by Crippen LogP contribution is -2.58. The molecule has 0 heterocycles. The highest BCUT2D eigenvalue weighted by Gasteiger charge is 2.47. The Bertz CT molecular complexity index is 435. The topological polar surface area (TPSA) is 55.4 Å². The predicted octanol–water partition coefficient (Wildman–Crippen LogP) is 2.99. The number of allylic oxidation sites excluding steroid dienone is 2. The lowest BCUT2D eigenvalue weighted by molar-refractivity contribution is -0.112. The Balaban J connectivity index is 3.30. The van der Waals surface area contributed by atoms with Crippen molar-refractivity contribution < 1.29 is 14.3 Å². The summed E-state index contributed by atoms with van der Waals surface area (Å²) in [4.78, 5) is 22.9. The zero-order valence-corrected chi connectivity index (χ0v) is 12.4. The molecule has 1 unspecified atom stereocenters. The third-order valence-corrected chi connectivity index (χ3v) is 3.96. The molecule has 0 bridgehead atoms. The van der Waals surface area contributed by atoms with E-state index in [1.165, 1.54) is 20.1 Å². The molecular weight excluding hydrogens is 242 g/mol. The van der Waals surface area contributed by atoms with Crippen LogP contribution in [0.2, 0.25) is 0 Å². The molecule has 0 saturated heterocycles. The molecule has 0 aromatic heterocycles. The molecule has 4 nitrogen and oxygen atoms in total. The molecule has 1 atom stereocenters. The Kier molecular flexibility index (Phi) is 4.56. The molecule has 0 aliphatic heterocycles. The molecule has 0 aromatic carbocycles. The van der Waals surface area contributed by atoms with Gasteiger partial charge < -0.3 is 10.1 Å². The number of hydrogen-bond donors (Lipinski definition) is 1. The third kappa shape index (κ3) is 3.06. The fourth-order valence-electron chi connectivity index (χ4n) is 2.66. The average Bonchev–Trinajstić information content (AvgIpc) is 2.31. The summed E-state index contributed by atoms with van der Waals surface area (Å²) in [5.41, 5.74) is 0.169. The fraction of sp³-hybridized carbons (Fsp3) is 0.600. The van der Waals surface area contributed by atoms with Gasteiger partial charge in [-0.2, -0.15) is 0 Å². The van der Waals surface area contributed by atoms with Crippen molar-refractivity contribution >= 4 is 11.9 Å². The maximum Gasteiger partial charge on any atom is 0.407 e. The van der Waals surface area contributed by atoms with Gasteiger partial charge in [0.15, 0.2) is 5.78 Å². The van der Waals surface area contributed by atoms with Crippen molar-refractivity contribution in [1.29, 1.82) is 0 Å². The first-order valence-corrected chi connectivity index (χ1v) is 6.48. The average molecular weight is 265 g/mol. The molecule has 0 fully saturated rings. The summed E-state index contributed by atoms with van der Waals surface area (Å²) < 4.78 is 4.73. The second-order valence-electron chi connectivity index (χ2n) is 5.68. The molecule has 1 aliphatic rings. The molecule has 0 spiro atoms. The van der Waals surface area contributed by atoms with Crippen molar-refractivity contribution in [2.45, 2.75) is 46.1 Å². The molecule has 0 radical (unpaired) electrons. The van der Waals surface area contributed by atoms with Crippen LogP contribution >= 0.6 is 0 Å². The van der Waals surface area contributed by atoms with Gasteiger partial charge in [0.2, 0.25) is 0 Å². The second-order valence-corrected chi connectivity index (χ2v) is 5.68. The van der Waals surface area contributed by atoms with Gasteiger partial charge in [0.05, 0.1) is 12.6 Å². The van der Waals surface area contributed by atoms with Crippen molar-refractivity contribution in [1.82, 2.24) is 5.32 Å². The van der Waals surface area contributed by atoms with E-state index in [0.717, 1.165) is 18.4 Å². The second kappa shape index (κ2) is 5.59. The quantitative estimate of drug-likeness (QED) is 0.630. The van der Waals surface area contributed by atoms with E-state index in [1.807, 2.05) is 6.92 Å². The van der Waals surface area contributed by atoms with Crippen LogP contribution in [0.4, 0.5) is 4.79 Å². The summed E-state index contributed by atoms with van der Waals surface area (Å²) in [6.07, 6.45) is 6.81. The van der Waals surface area contributed by atoms with Crippen molar-refractivity contribution in [2.75, 3.05) is 7.11 Å². The Hall–Kier alpha value is -1.58. The van der Waals surface area contributed by atoms with E-state index >= 15 is 0 Å². The van der Waals surface area contributed by atoms with Crippen LogP contribution in [0.15, 0.2) is 23.8 Å². The SMILES string of the molecule is COC(=O)NC1(/C=C/C(C)=O)C(C)=CCCC1(C)C. The van der Waals surface area contributed by atoms with E-state index in [0.29, 0.717) is 0 Å². The summed E-state index contributed by atoms with van der Waals surface area (Å²) in [5, 5.41) is 2.91. The highest BCUT2D eigenvalue weighted by Crippen LogP contribution is 2.45. The van der Waals surface area contributed by atoms with Gasteiger partial charge >= 0.3 is 6.09 Å². The van der Waals surface area contributed by atoms with Crippen LogP contribution in [0.3, 0.4) is 0 Å². The summed E-state index contributed by atoms with van der Waals surface area (Å²) in [6.45, 7) is 7.65. The zero-order chi connectivity index (χ0) is 14.7. The minimum absolute atomic E-state index is 0.0415. The van der Waals surface area contributed by atoms with Crippen LogP contribution in [-0.4, -0.2) is 24.5 Å². The Labute approximate surface area is 114 Å². The molecule has 106 valence electrons. The summed E-state index contributed by atoms with van der Waals surface area (Å²) >= 11 is 0. The van der Waals surface area contributed by atoms with Crippen LogP contribution in [0.5, 0.6) is 0 Å². The number of ketones is 1. The molecule has 19 heavy (non-hydrogen) atoms. The zero-order valence-electron chi connectivity index (χ0n) is 12.4. The highest BCUT2D eigenvalue weighted by molar-refractivity contribution is 5.87. The van der Waals surface area contributed by atoms with Crippen LogP contribution in [0, 0.1) is 5.41 Å². The summed E-state index contributed by atoms with van der Waals surface area (Å²) in [5.74, 6) is -0.0415. The number of ether oxygens (including phenoxy) is 1. The van der Waals surface area contributed by atoms with E-state index < -0.39 is 11.6 Å². The highest BCUT2D eigenvalue weighted by atomic mass is 16.5. The summed E-state index contributed by atoms with van der Waals surface area (Å²) in [7, 11) is 1.34. The molecule has 1 N–H and O–H groups in total. The molecular formula is C15H23NO3. The number of amides is 1. The van der Waals surface area contributed by atoms with Gasteiger partial charge in [0.1, 0.15) is 0 Å². The number of nitrogens with one attached hydrogen (secondary N) is 1. The first-order chi connectivity index (χ1) is 8.75. The number of carbonyl (C=O) groups is 2. The van der Waals surface area contributed by atoms with Gasteiger partial charge in [0, 0.05) is 0 Å². The van der Waals surface area contributed by atoms with Crippen molar-refractivity contribution in [3.63, 3.8) is 0 Å². The number of alkyl carbamates (subject to hydrolysis) is 1. The van der Waals surface area contributed by atoms with E-state index in [4.69, 9.17) is 4.74 Å². The third-order valence-electron chi connectivity index (χ3n) is 3.96. The largest absolute Gasteiger partial charge is 0.453 e. The fourth-order valence-corrected chi connectivity index (χ4v) is 2.66. The molecule has 1 rings (SSSR count). The molecule has 1 amide bonds. The van der Waals surface area contributed by atoms with E-state index in [-0.39, 0.29) is 11.2 Å². The number of methoxy groups -OCH3 is 1. The Morgan fingerprint density at radius 1 is 1.42 bits per heavy atom.